The van der Waals surface area contributed by atoms with Crippen molar-refractivity contribution in [3.63, 3.8) is 0 Å². The number of amides is 1. The summed E-state index contributed by atoms with van der Waals surface area (Å²) in [6, 6.07) is 6.10. The van der Waals surface area contributed by atoms with Crippen molar-refractivity contribution < 1.29 is 35.9 Å². The number of nitrogens with one attached hydrogen (secondary N) is 1. The van der Waals surface area contributed by atoms with Crippen LogP contribution >= 0.6 is 11.3 Å². The van der Waals surface area contributed by atoms with Gasteiger partial charge in [0, 0.05) is 6.20 Å². The number of fused-ring (bicyclic) bond motifs is 1. The van der Waals surface area contributed by atoms with Crippen LogP contribution in [-0.2, 0) is 44.0 Å². The van der Waals surface area contributed by atoms with E-state index >= 15 is 0 Å². The van der Waals surface area contributed by atoms with Gasteiger partial charge in [0.05, 0.1) is 46.3 Å². The number of anilines is 2. The molecule has 1 aliphatic heterocycles. The Bertz CT molecular complexity index is 1610. The molecule has 1 atom stereocenters. The monoisotopic (exact) mass is 625 g/mol. The van der Waals surface area contributed by atoms with E-state index in [-0.39, 0.29) is 48.0 Å². The van der Waals surface area contributed by atoms with Gasteiger partial charge in [-0.25, -0.2) is 28.2 Å². The zero-order valence-electron chi connectivity index (χ0n) is 23.6. The SMILES string of the molecule is CCOC(=O)c1cnc(N2Cc3sc(NC(=O)Cc4ccc(S(=O)(=O)CC)cc4)nc3[C@]2(C)C(C)C)nc1C(F)(F)F. The Hall–Kier alpha value is -3.59. The number of carbonyl (C=O) groups is 2. The Morgan fingerprint density at radius 3 is 2.40 bits per heavy atom. The van der Waals surface area contributed by atoms with Gasteiger partial charge in [-0.3, -0.25) is 4.79 Å². The molecule has 0 saturated carbocycles. The summed E-state index contributed by atoms with van der Waals surface area (Å²) in [5.41, 5.74) is -1.87. The molecule has 3 aromatic rings. The maximum atomic E-state index is 13.9. The van der Waals surface area contributed by atoms with Gasteiger partial charge in [0.15, 0.2) is 20.7 Å². The fraction of sp³-hybridized carbons (Fsp3) is 0.444. The number of esters is 1. The van der Waals surface area contributed by atoms with Crippen LogP contribution in [0.25, 0.3) is 0 Å². The maximum Gasteiger partial charge on any atom is 0.434 e. The molecule has 1 aliphatic rings. The summed E-state index contributed by atoms with van der Waals surface area (Å²) in [4.78, 5) is 39.9. The Morgan fingerprint density at radius 2 is 1.83 bits per heavy atom. The number of nitrogens with zero attached hydrogens (tertiary/aromatic N) is 4. The van der Waals surface area contributed by atoms with Crippen LogP contribution in [0.1, 0.15) is 66.8 Å². The zero-order chi connectivity index (χ0) is 31.0. The number of carbonyl (C=O) groups excluding carboxylic acids is 2. The molecule has 1 aromatic carbocycles. The minimum Gasteiger partial charge on any atom is -0.462 e. The van der Waals surface area contributed by atoms with Gasteiger partial charge in [-0.15, -0.1) is 0 Å². The summed E-state index contributed by atoms with van der Waals surface area (Å²) in [5, 5.41) is 3.10. The van der Waals surface area contributed by atoms with Crippen molar-refractivity contribution in [2.24, 2.45) is 5.92 Å². The minimum absolute atomic E-state index is 0.00878. The molecule has 3 heterocycles. The quantitative estimate of drug-likeness (QED) is 0.327. The smallest absolute Gasteiger partial charge is 0.434 e. The molecule has 0 fully saturated rings. The van der Waals surface area contributed by atoms with E-state index in [1.807, 2.05) is 20.8 Å². The Labute approximate surface area is 245 Å². The predicted octanol–water partition coefficient (Wildman–Crippen LogP) is 4.99. The van der Waals surface area contributed by atoms with Crippen LogP contribution < -0.4 is 10.2 Å². The van der Waals surface area contributed by atoms with E-state index in [1.165, 1.54) is 30.4 Å². The highest BCUT2D eigenvalue weighted by Gasteiger charge is 2.49. The third-order valence-corrected chi connectivity index (χ3v) is 9.92. The summed E-state index contributed by atoms with van der Waals surface area (Å²) < 4.78 is 70.5. The van der Waals surface area contributed by atoms with Crippen LogP contribution in [0, 0.1) is 5.92 Å². The standard InChI is InChI=1S/C27H30F3N5O5S2/c1-6-40-23(37)18-13-31-24(33-21(18)27(28,29)30)35-14-19-22(26(35,5)15(3)4)34-25(41-19)32-20(36)12-16-8-10-17(11-9-16)42(38,39)7-2/h8-11,13,15H,6-7,12,14H2,1-5H3,(H,32,34,36)/t26-/m0/s1. The topological polar surface area (TPSA) is 131 Å². The Balaban J connectivity index is 1.57. The number of hydrogen-bond donors (Lipinski definition) is 1. The molecule has 10 nitrogen and oxygen atoms in total. The minimum atomic E-state index is -4.92. The lowest BCUT2D eigenvalue weighted by atomic mass is 9.86. The van der Waals surface area contributed by atoms with Gasteiger partial charge in [-0.2, -0.15) is 13.2 Å². The molecule has 0 aliphatic carbocycles. The van der Waals surface area contributed by atoms with Crippen molar-refractivity contribution in [3.8, 4) is 0 Å². The Kier molecular flexibility index (Phi) is 8.65. The molecular weight excluding hydrogens is 595 g/mol. The first-order valence-electron chi connectivity index (χ1n) is 13.1. The van der Waals surface area contributed by atoms with Gasteiger partial charge in [-0.1, -0.05) is 44.2 Å². The molecule has 15 heteroatoms. The second-order valence-corrected chi connectivity index (χ2v) is 13.5. The summed E-state index contributed by atoms with van der Waals surface area (Å²) in [6.45, 7) is 8.67. The first-order valence-corrected chi connectivity index (χ1v) is 15.6. The van der Waals surface area contributed by atoms with E-state index in [9.17, 15) is 31.2 Å². The molecule has 0 saturated heterocycles. The van der Waals surface area contributed by atoms with Crippen LogP contribution in [0.3, 0.4) is 0 Å². The molecule has 1 N–H and O–H groups in total. The fourth-order valence-corrected chi connectivity index (χ4v) is 6.58. The maximum absolute atomic E-state index is 13.9. The number of sulfone groups is 1. The zero-order valence-corrected chi connectivity index (χ0v) is 25.2. The lowest BCUT2D eigenvalue weighted by molar-refractivity contribution is -0.141. The van der Waals surface area contributed by atoms with Crippen molar-refractivity contribution in [2.45, 2.75) is 64.2 Å². The number of rotatable bonds is 9. The number of alkyl halides is 3. The second-order valence-electron chi connectivity index (χ2n) is 10.1. The summed E-state index contributed by atoms with van der Waals surface area (Å²) in [5.74, 6) is -1.92. The Morgan fingerprint density at radius 1 is 1.17 bits per heavy atom. The third kappa shape index (κ3) is 5.98. The molecular formula is C27H30F3N5O5S2. The molecule has 1 amide bonds. The van der Waals surface area contributed by atoms with Gasteiger partial charge >= 0.3 is 12.1 Å². The summed E-state index contributed by atoms with van der Waals surface area (Å²) in [7, 11) is -3.35. The van der Waals surface area contributed by atoms with Gasteiger partial charge in [0.2, 0.25) is 11.9 Å². The predicted molar refractivity (Wildman–Crippen MR) is 150 cm³/mol. The van der Waals surface area contributed by atoms with E-state index in [4.69, 9.17) is 4.74 Å². The highest BCUT2D eigenvalue weighted by molar-refractivity contribution is 7.91. The number of halogens is 3. The molecule has 0 spiro atoms. The third-order valence-electron chi connectivity index (χ3n) is 7.22. The van der Waals surface area contributed by atoms with Gasteiger partial charge in [0.1, 0.15) is 5.56 Å². The van der Waals surface area contributed by atoms with Crippen molar-refractivity contribution >= 4 is 44.1 Å². The number of ether oxygens (including phenoxy) is 1. The normalized spacial score (nSPS) is 16.9. The second kappa shape index (κ2) is 11.6. The van der Waals surface area contributed by atoms with Crippen LogP contribution in [0.5, 0.6) is 0 Å². The molecule has 2 aromatic heterocycles. The molecule has 4 rings (SSSR count). The molecule has 42 heavy (non-hydrogen) atoms. The van der Waals surface area contributed by atoms with Gasteiger partial charge in [-0.05, 0) is 37.5 Å². The highest BCUT2D eigenvalue weighted by Crippen LogP contribution is 2.48. The van der Waals surface area contributed by atoms with Crippen molar-refractivity contribution in [1.82, 2.24) is 15.0 Å². The van der Waals surface area contributed by atoms with E-state index in [0.717, 1.165) is 11.1 Å². The van der Waals surface area contributed by atoms with Crippen LogP contribution in [0.15, 0.2) is 35.4 Å². The van der Waals surface area contributed by atoms with Crippen molar-refractivity contribution in [2.75, 3.05) is 22.6 Å². The fourth-order valence-electron chi connectivity index (χ4n) is 4.61. The van der Waals surface area contributed by atoms with E-state index in [1.54, 1.807) is 24.0 Å². The lowest BCUT2D eigenvalue weighted by Gasteiger charge is -2.38. The first kappa shape index (κ1) is 31.3. The van der Waals surface area contributed by atoms with Crippen LogP contribution in [-0.4, -0.2) is 47.6 Å². The average molecular weight is 626 g/mol. The summed E-state index contributed by atoms with van der Waals surface area (Å²) >= 11 is 1.20. The lowest BCUT2D eigenvalue weighted by Crippen LogP contribution is -2.44. The molecule has 0 unspecified atom stereocenters. The largest absolute Gasteiger partial charge is 0.462 e. The van der Waals surface area contributed by atoms with Crippen molar-refractivity contribution in [3.05, 3.63) is 57.9 Å². The number of aromatic nitrogens is 3. The van der Waals surface area contributed by atoms with E-state index in [0.29, 0.717) is 16.4 Å². The molecule has 0 radical (unpaired) electrons. The van der Waals surface area contributed by atoms with E-state index < -0.39 is 38.8 Å². The van der Waals surface area contributed by atoms with E-state index in [2.05, 4.69) is 20.3 Å². The van der Waals surface area contributed by atoms with Gasteiger partial charge < -0.3 is 15.0 Å². The molecule has 226 valence electrons. The highest BCUT2D eigenvalue weighted by atomic mass is 32.2. The van der Waals surface area contributed by atoms with Gasteiger partial charge in [0.25, 0.3) is 0 Å². The number of benzene rings is 1. The van der Waals surface area contributed by atoms with Crippen LogP contribution in [0.2, 0.25) is 0 Å². The van der Waals surface area contributed by atoms with Crippen molar-refractivity contribution in [1.29, 1.82) is 0 Å². The number of thiazole rings is 1. The average Bonchev–Trinajstić information content (AvgIpc) is 3.45. The molecule has 0 bridgehead atoms. The summed E-state index contributed by atoms with van der Waals surface area (Å²) in [6.07, 6.45) is -4.09. The first-order chi connectivity index (χ1) is 19.6. The number of hydrogen-bond acceptors (Lipinski definition) is 10. The van der Waals surface area contributed by atoms with Crippen LogP contribution in [0.4, 0.5) is 24.3 Å².